The summed E-state index contributed by atoms with van der Waals surface area (Å²) in [5.41, 5.74) is 0. The number of nitrogens with one attached hydrogen (secondary N) is 1. The molecule has 0 saturated carbocycles. The summed E-state index contributed by atoms with van der Waals surface area (Å²) in [6.07, 6.45) is 9.09. The lowest BCUT2D eigenvalue weighted by molar-refractivity contribution is 0.278. The quantitative estimate of drug-likeness (QED) is 0.563. The summed E-state index contributed by atoms with van der Waals surface area (Å²) in [7, 11) is 0. The SMILES string of the molecule is C#CCSCCN1CCCNC(CCC)C1. The lowest BCUT2D eigenvalue weighted by Gasteiger charge is -2.23. The molecule has 0 spiro atoms. The van der Waals surface area contributed by atoms with E-state index in [-0.39, 0.29) is 0 Å². The summed E-state index contributed by atoms with van der Waals surface area (Å²) >= 11 is 1.87. The normalized spacial score (nSPS) is 22.6. The second-order valence-corrected chi connectivity index (χ2v) is 5.46. The molecule has 0 aromatic rings. The van der Waals surface area contributed by atoms with Crippen LogP contribution in [0, 0.1) is 12.3 Å². The molecule has 1 fully saturated rings. The van der Waals surface area contributed by atoms with Crippen LogP contribution in [0.15, 0.2) is 0 Å². The minimum atomic E-state index is 0.699. The van der Waals surface area contributed by atoms with Crippen LogP contribution in [-0.2, 0) is 0 Å². The predicted molar refractivity (Wildman–Crippen MR) is 73.9 cm³/mol. The second-order valence-electron chi connectivity index (χ2n) is 4.35. The molecule has 1 aliphatic rings. The molecule has 0 radical (unpaired) electrons. The topological polar surface area (TPSA) is 15.3 Å². The van der Waals surface area contributed by atoms with Gasteiger partial charge < -0.3 is 10.2 Å². The van der Waals surface area contributed by atoms with Gasteiger partial charge in [0.1, 0.15) is 0 Å². The Morgan fingerprint density at radius 1 is 1.56 bits per heavy atom. The highest BCUT2D eigenvalue weighted by molar-refractivity contribution is 7.99. The number of rotatable bonds is 6. The van der Waals surface area contributed by atoms with Gasteiger partial charge in [0.2, 0.25) is 0 Å². The Hall–Kier alpha value is -0.170. The Balaban J connectivity index is 2.20. The Kier molecular flexibility index (Phi) is 7.75. The molecular weight excluding hydrogens is 216 g/mol. The second kappa shape index (κ2) is 8.92. The van der Waals surface area contributed by atoms with Gasteiger partial charge in [0.05, 0.1) is 5.75 Å². The van der Waals surface area contributed by atoms with Crippen molar-refractivity contribution in [2.45, 2.75) is 32.2 Å². The van der Waals surface area contributed by atoms with Gasteiger partial charge in [0.25, 0.3) is 0 Å². The van der Waals surface area contributed by atoms with Crippen LogP contribution >= 0.6 is 11.8 Å². The van der Waals surface area contributed by atoms with Crippen molar-refractivity contribution >= 4 is 11.8 Å². The largest absolute Gasteiger partial charge is 0.313 e. The first-order valence-corrected chi connectivity index (χ1v) is 7.49. The molecule has 1 aliphatic heterocycles. The van der Waals surface area contributed by atoms with Crippen molar-refractivity contribution in [1.29, 1.82) is 0 Å². The van der Waals surface area contributed by atoms with Gasteiger partial charge in [-0.15, -0.1) is 18.2 Å². The molecule has 0 aromatic carbocycles. The molecule has 92 valence electrons. The smallest absolute Gasteiger partial charge is 0.0545 e. The van der Waals surface area contributed by atoms with Crippen LogP contribution in [0.3, 0.4) is 0 Å². The molecule has 2 nitrogen and oxygen atoms in total. The number of nitrogens with zero attached hydrogens (tertiary/aromatic N) is 1. The Morgan fingerprint density at radius 3 is 3.19 bits per heavy atom. The Labute approximate surface area is 105 Å². The fourth-order valence-corrected chi connectivity index (χ4v) is 2.80. The van der Waals surface area contributed by atoms with Gasteiger partial charge in [-0.2, -0.15) is 0 Å². The van der Waals surface area contributed by atoms with E-state index in [1.165, 1.54) is 51.2 Å². The minimum Gasteiger partial charge on any atom is -0.313 e. The Morgan fingerprint density at radius 2 is 2.44 bits per heavy atom. The zero-order valence-electron chi connectivity index (χ0n) is 10.4. The van der Waals surface area contributed by atoms with Gasteiger partial charge >= 0.3 is 0 Å². The molecule has 1 heterocycles. The molecule has 0 amide bonds. The van der Waals surface area contributed by atoms with E-state index in [4.69, 9.17) is 6.42 Å². The molecule has 1 rings (SSSR count). The molecule has 1 N–H and O–H groups in total. The van der Waals surface area contributed by atoms with Crippen molar-refractivity contribution in [2.75, 3.05) is 37.7 Å². The first-order chi connectivity index (χ1) is 7.86. The van der Waals surface area contributed by atoms with Gasteiger partial charge in [-0.3, -0.25) is 0 Å². The van der Waals surface area contributed by atoms with Crippen LogP contribution in [0.5, 0.6) is 0 Å². The van der Waals surface area contributed by atoms with E-state index in [2.05, 4.69) is 23.1 Å². The monoisotopic (exact) mass is 240 g/mol. The van der Waals surface area contributed by atoms with Gasteiger partial charge in [0, 0.05) is 24.9 Å². The third-order valence-corrected chi connectivity index (χ3v) is 3.78. The van der Waals surface area contributed by atoms with E-state index >= 15 is 0 Å². The van der Waals surface area contributed by atoms with Crippen molar-refractivity contribution in [3.05, 3.63) is 0 Å². The van der Waals surface area contributed by atoms with Crippen molar-refractivity contribution in [1.82, 2.24) is 10.2 Å². The van der Waals surface area contributed by atoms with Crippen LogP contribution in [0.4, 0.5) is 0 Å². The van der Waals surface area contributed by atoms with Crippen molar-refractivity contribution in [3.63, 3.8) is 0 Å². The summed E-state index contributed by atoms with van der Waals surface area (Å²) in [4.78, 5) is 2.59. The van der Waals surface area contributed by atoms with Crippen LogP contribution in [-0.4, -0.2) is 48.6 Å². The molecule has 1 saturated heterocycles. The Bertz CT molecular complexity index is 212. The van der Waals surface area contributed by atoms with Gasteiger partial charge in [-0.1, -0.05) is 19.3 Å². The molecule has 1 unspecified atom stereocenters. The standard InChI is InChI=1S/C13H24N2S/c1-3-6-13-12-15(8-5-7-14-13)9-11-16-10-4-2/h2,13-14H,3,5-12H2,1H3. The summed E-state index contributed by atoms with van der Waals surface area (Å²) in [6, 6.07) is 0.699. The van der Waals surface area contributed by atoms with E-state index in [9.17, 15) is 0 Å². The van der Waals surface area contributed by atoms with Crippen LogP contribution in [0.1, 0.15) is 26.2 Å². The maximum Gasteiger partial charge on any atom is 0.0545 e. The highest BCUT2D eigenvalue weighted by atomic mass is 32.2. The zero-order chi connectivity index (χ0) is 11.6. The zero-order valence-corrected chi connectivity index (χ0v) is 11.2. The van der Waals surface area contributed by atoms with E-state index in [1.54, 1.807) is 0 Å². The molecular formula is C13H24N2S. The fourth-order valence-electron chi connectivity index (χ4n) is 2.15. The summed E-state index contributed by atoms with van der Waals surface area (Å²) in [6.45, 7) is 7.08. The fraction of sp³-hybridized carbons (Fsp3) is 0.846. The van der Waals surface area contributed by atoms with Crippen LogP contribution in [0.2, 0.25) is 0 Å². The first kappa shape index (κ1) is 13.9. The van der Waals surface area contributed by atoms with Crippen molar-refractivity contribution < 1.29 is 0 Å². The molecule has 1 atom stereocenters. The highest BCUT2D eigenvalue weighted by Crippen LogP contribution is 2.07. The predicted octanol–water partition coefficient (Wildman–Crippen LogP) is 1.82. The van der Waals surface area contributed by atoms with Crippen molar-refractivity contribution in [3.8, 4) is 12.3 Å². The lowest BCUT2D eigenvalue weighted by atomic mass is 10.1. The van der Waals surface area contributed by atoms with E-state index in [0.717, 1.165) is 5.75 Å². The van der Waals surface area contributed by atoms with Gasteiger partial charge in [-0.05, 0) is 25.9 Å². The maximum atomic E-state index is 5.24. The summed E-state index contributed by atoms with van der Waals surface area (Å²) < 4.78 is 0. The average Bonchev–Trinajstić information content (AvgIpc) is 2.51. The lowest BCUT2D eigenvalue weighted by Crippen LogP contribution is -2.38. The number of hydrogen-bond acceptors (Lipinski definition) is 3. The molecule has 0 aromatic heterocycles. The number of terminal acetylenes is 1. The molecule has 0 aliphatic carbocycles. The average molecular weight is 240 g/mol. The summed E-state index contributed by atoms with van der Waals surface area (Å²) in [5.74, 6) is 4.70. The van der Waals surface area contributed by atoms with Gasteiger partial charge in [-0.25, -0.2) is 0 Å². The minimum absolute atomic E-state index is 0.699. The molecule has 16 heavy (non-hydrogen) atoms. The molecule has 0 bridgehead atoms. The summed E-state index contributed by atoms with van der Waals surface area (Å²) in [5, 5.41) is 3.63. The third-order valence-electron chi connectivity index (χ3n) is 2.94. The first-order valence-electron chi connectivity index (χ1n) is 6.33. The maximum absolute atomic E-state index is 5.24. The van der Waals surface area contributed by atoms with E-state index in [0.29, 0.717) is 6.04 Å². The number of thioether (sulfide) groups is 1. The van der Waals surface area contributed by atoms with Crippen LogP contribution < -0.4 is 5.32 Å². The molecule has 3 heteroatoms. The third kappa shape index (κ3) is 5.79. The van der Waals surface area contributed by atoms with Crippen LogP contribution in [0.25, 0.3) is 0 Å². The highest BCUT2D eigenvalue weighted by Gasteiger charge is 2.16. The van der Waals surface area contributed by atoms with Crippen molar-refractivity contribution in [2.24, 2.45) is 0 Å². The number of hydrogen-bond donors (Lipinski definition) is 1. The van der Waals surface area contributed by atoms with Gasteiger partial charge in [0.15, 0.2) is 0 Å². The van der Waals surface area contributed by atoms with E-state index < -0.39 is 0 Å². The van der Waals surface area contributed by atoms with E-state index in [1.807, 2.05) is 11.8 Å².